The minimum atomic E-state index is -0.129. The molecule has 6 nitrogen and oxygen atoms in total. The van der Waals surface area contributed by atoms with Gasteiger partial charge in [-0.3, -0.25) is 14.3 Å². The first-order valence-electron chi connectivity index (χ1n) is 8.04. The van der Waals surface area contributed by atoms with Gasteiger partial charge in [-0.05, 0) is 30.9 Å². The Balaban J connectivity index is 0.00000208. The molecule has 1 aromatic carbocycles. The predicted molar refractivity (Wildman–Crippen MR) is 96.2 cm³/mol. The molecule has 2 N–H and O–H groups in total. The number of benzene rings is 1. The first-order chi connectivity index (χ1) is 11.1. The summed E-state index contributed by atoms with van der Waals surface area (Å²) < 4.78 is 1.60. The lowest BCUT2D eigenvalue weighted by Gasteiger charge is -2.38. The number of carbonyl (C=O) groups is 1. The van der Waals surface area contributed by atoms with Crippen molar-refractivity contribution in [3.05, 3.63) is 40.7 Å². The van der Waals surface area contributed by atoms with Crippen molar-refractivity contribution in [1.29, 1.82) is 0 Å². The summed E-state index contributed by atoms with van der Waals surface area (Å²) in [5.74, 6) is 0.604. The van der Waals surface area contributed by atoms with Gasteiger partial charge in [0.05, 0.1) is 11.7 Å². The van der Waals surface area contributed by atoms with Crippen LogP contribution in [-0.2, 0) is 11.3 Å². The molecule has 2 atom stereocenters. The summed E-state index contributed by atoms with van der Waals surface area (Å²) in [7, 11) is 0. The second-order valence-corrected chi connectivity index (χ2v) is 6.29. The molecular weight excluding hydrogens is 328 g/mol. The van der Waals surface area contributed by atoms with Gasteiger partial charge >= 0.3 is 0 Å². The van der Waals surface area contributed by atoms with Crippen molar-refractivity contribution in [2.24, 2.45) is 11.7 Å². The monoisotopic (exact) mass is 350 g/mol. The standard InChI is InChI=1S/C17H22N4O2.ClH/c1-12-6-7-20(13(8-12)9-18)17(23)11-21-15-5-3-2-4-14(15)16(22)10-19-21;/h2-5,10,12-13H,6-9,11,18H2,1H3;1H. The zero-order valence-electron chi connectivity index (χ0n) is 13.7. The summed E-state index contributed by atoms with van der Waals surface area (Å²) in [6, 6.07) is 7.32. The van der Waals surface area contributed by atoms with Gasteiger partial charge in [0.1, 0.15) is 6.54 Å². The van der Waals surface area contributed by atoms with Gasteiger partial charge in [-0.15, -0.1) is 12.4 Å². The first-order valence-corrected chi connectivity index (χ1v) is 8.04. The average molecular weight is 351 g/mol. The van der Waals surface area contributed by atoms with E-state index in [1.807, 2.05) is 23.1 Å². The van der Waals surface area contributed by atoms with Gasteiger partial charge in [-0.2, -0.15) is 5.10 Å². The molecule has 24 heavy (non-hydrogen) atoms. The lowest BCUT2D eigenvalue weighted by Crippen LogP contribution is -2.50. The number of carbonyl (C=O) groups excluding carboxylic acids is 1. The summed E-state index contributed by atoms with van der Waals surface area (Å²) in [5, 5.41) is 4.71. The van der Waals surface area contributed by atoms with E-state index in [0.717, 1.165) is 19.4 Å². The fourth-order valence-electron chi connectivity index (χ4n) is 3.31. The highest BCUT2D eigenvalue weighted by Crippen LogP contribution is 2.22. The van der Waals surface area contributed by atoms with E-state index < -0.39 is 0 Å². The first kappa shape index (κ1) is 18.4. The van der Waals surface area contributed by atoms with Crippen LogP contribution in [0.25, 0.3) is 10.9 Å². The minimum absolute atomic E-state index is 0. The van der Waals surface area contributed by atoms with Gasteiger partial charge in [0.2, 0.25) is 11.3 Å². The van der Waals surface area contributed by atoms with Gasteiger partial charge in [-0.25, -0.2) is 0 Å². The molecule has 0 radical (unpaired) electrons. The van der Waals surface area contributed by atoms with E-state index in [1.54, 1.807) is 10.7 Å². The molecule has 0 bridgehead atoms. The molecule has 0 aliphatic carbocycles. The number of halogens is 1. The molecule has 3 rings (SSSR count). The number of amides is 1. The summed E-state index contributed by atoms with van der Waals surface area (Å²) in [5.41, 5.74) is 6.39. The van der Waals surface area contributed by atoms with Crippen LogP contribution in [0.2, 0.25) is 0 Å². The predicted octanol–water partition coefficient (Wildman–Crippen LogP) is 1.40. The molecule has 1 aromatic heterocycles. The third-order valence-electron chi connectivity index (χ3n) is 4.62. The average Bonchev–Trinajstić information content (AvgIpc) is 2.57. The Morgan fingerprint density at radius 1 is 1.38 bits per heavy atom. The van der Waals surface area contributed by atoms with Crippen LogP contribution in [0.1, 0.15) is 19.8 Å². The molecule has 0 saturated carbocycles. The van der Waals surface area contributed by atoms with Gasteiger partial charge in [0.25, 0.3) is 0 Å². The topological polar surface area (TPSA) is 81.2 Å². The number of fused-ring (bicyclic) bond motifs is 1. The summed E-state index contributed by atoms with van der Waals surface area (Å²) in [6.07, 6.45) is 3.22. The number of likely N-dealkylation sites (tertiary alicyclic amines) is 1. The van der Waals surface area contributed by atoms with Gasteiger partial charge in [0, 0.05) is 24.5 Å². The van der Waals surface area contributed by atoms with E-state index in [2.05, 4.69) is 12.0 Å². The largest absolute Gasteiger partial charge is 0.337 e. The Morgan fingerprint density at radius 3 is 2.88 bits per heavy atom. The Kier molecular flexibility index (Phi) is 5.96. The van der Waals surface area contributed by atoms with Crippen molar-refractivity contribution >= 4 is 29.2 Å². The second-order valence-electron chi connectivity index (χ2n) is 6.29. The maximum absolute atomic E-state index is 12.7. The fourth-order valence-corrected chi connectivity index (χ4v) is 3.31. The van der Waals surface area contributed by atoms with Gasteiger partial charge < -0.3 is 10.6 Å². The maximum Gasteiger partial charge on any atom is 0.244 e. The number of hydrogen-bond acceptors (Lipinski definition) is 4. The zero-order chi connectivity index (χ0) is 16.4. The van der Waals surface area contributed by atoms with Crippen molar-refractivity contribution in [3.8, 4) is 0 Å². The Bertz CT molecular complexity index is 777. The van der Waals surface area contributed by atoms with Crippen molar-refractivity contribution in [3.63, 3.8) is 0 Å². The molecule has 1 saturated heterocycles. The van der Waals surface area contributed by atoms with E-state index in [-0.39, 0.29) is 36.3 Å². The molecule has 0 spiro atoms. The van der Waals surface area contributed by atoms with Crippen molar-refractivity contribution in [2.75, 3.05) is 13.1 Å². The molecule has 130 valence electrons. The number of nitrogens with zero attached hydrogens (tertiary/aromatic N) is 3. The van der Waals surface area contributed by atoms with Gasteiger partial charge in [-0.1, -0.05) is 19.1 Å². The smallest absolute Gasteiger partial charge is 0.244 e. The van der Waals surface area contributed by atoms with Crippen molar-refractivity contribution < 1.29 is 4.79 Å². The number of aromatic nitrogens is 2. The molecule has 1 aliphatic rings. The van der Waals surface area contributed by atoms with Crippen molar-refractivity contribution in [1.82, 2.24) is 14.7 Å². The molecule has 2 aromatic rings. The van der Waals surface area contributed by atoms with Crippen molar-refractivity contribution in [2.45, 2.75) is 32.4 Å². The lowest BCUT2D eigenvalue weighted by atomic mass is 9.92. The van der Waals surface area contributed by atoms with Crippen LogP contribution < -0.4 is 11.2 Å². The second kappa shape index (κ2) is 7.77. The number of para-hydroxylation sites is 1. The SMILES string of the molecule is CC1CCN(C(=O)Cn2ncc(=O)c3ccccc32)C(CN)C1.Cl. The Morgan fingerprint density at radius 2 is 2.12 bits per heavy atom. The Hall–Kier alpha value is -1.92. The number of rotatable bonds is 3. The van der Waals surface area contributed by atoms with Gasteiger partial charge in [0.15, 0.2) is 0 Å². The van der Waals surface area contributed by atoms with E-state index >= 15 is 0 Å². The molecule has 7 heteroatoms. The molecule has 2 unspecified atom stereocenters. The maximum atomic E-state index is 12.7. The van der Waals surface area contributed by atoms with Crippen LogP contribution in [0.3, 0.4) is 0 Å². The highest BCUT2D eigenvalue weighted by Gasteiger charge is 2.29. The van der Waals surface area contributed by atoms with Crippen LogP contribution in [-0.4, -0.2) is 39.7 Å². The number of piperidine rings is 1. The molecule has 1 amide bonds. The zero-order valence-corrected chi connectivity index (χ0v) is 14.5. The lowest BCUT2D eigenvalue weighted by molar-refractivity contribution is -0.136. The molecule has 1 fully saturated rings. The van der Waals surface area contributed by atoms with Crippen LogP contribution in [0.5, 0.6) is 0 Å². The van der Waals surface area contributed by atoms with E-state index in [4.69, 9.17) is 5.73 Å². The normalized spacial score (nSPS) is 20.7. The molecular formula is C17H23ClN4O2. The van der Waals surface area contributed by atoms with Crippen LogP contribution in [0.4, 0.5) is 0 Å². The van der Waals surface area contributed by atoms with E-state index in [9.17, 15) is 9.59 Å². The van der Waals surface area contributed by atoms with Crippen LogP contribution in [0.15, 0.2) is 35.3 Å². The summed E-state index contributed by atoms with van der Waals surface area (Å²) in [4.78, 5) is 26.4. The van der Waals surface area contributed by atoms with Crippen LogP contribution >= 0.6 is 12.4 Å². The Labute approximate surface area is 147 Å². The highest BCUT2D eigenvalue weighted by atomic mass is 35.5. The third kappa shape index (κ3) is 3.60. The van der Waals surface area contributed by atoms with Crippen LogP contribution in [0, 0.1) is 5.92 Å². The summed E-state index contributed by atoms with van der Waals surface area (Å²) in [6.45, 7) is 3.54. The fraction of sp³-hybridized carbons (Fsp3) is 0.471. The van der Waals surface area contributed by atoms with E-state index in [0.29, 0.717) is 23.4 Å². The number of hydrogen-bond donors (Lipinski definition) is 1. The molecule has 2 heterocycles. The highest BCUT2D eigenvalue weighted by molar-refractivity contribution is 5.85. The number of nitrogens with two attached hydrogens (primary N) is 1. The molecule has 1 aliphatic heterocycles. The quantitative estimate of drug-likeness (QED) is 0.907. The van der Waals surface area contributed by atoms with E-state index in [1.165, 1.54) is 6.20 Å². The minimum Gasteiger partial charge on any atom is -0.337 e. The summed E-state index contributed by atoms with van der Waals surface area (Å²) >= 11 is 0. The third-order valence-corrected chi connectivity index (χ3v) is 4.62.